The highest BCUT2D eigenvalue weighted by atomic mass is 32.1. The lowest BCUT2D eigenvalue weighted by molar-refractivity contribution is 0.0691. The van der Waals surface area contributed by atoms with E-state index in [-0.39, 0.29) is 11.5 Å². The van der Waals surface area contributed by atoms with E-state index >= 15 is 0 Å². The number of aromatic carboxylic acids is 1. The van der Waals surface area contributed by atoms with Gasteiger partial charge in [0, 0.05) is 24.5 Å². The Morgan fingerprint density at radius 3 is 2.83 bits per heavy atom. The minimum atomic E-state index is -1.06. The SMILES string of the molecule is CN(Cc1ccccc1F)c1nc(C(=O)O)cs1. The Morgan fingerprint density at radius 1 is 1.50 bits per heavy atom. The van der Waals surface area contributed by atoms with Crippen molar-refractivity contribution in [1.82, 2.24) is 4.98 Å². The number of aromatic nitrogens is 1. The van der Waals surface area contributed by atoms with Crippen LogP contribution in [0.4, 0.5) is 9.52 Å². The van der Waals surface area contributed by atoms with Crippen LogP contribution in [0.1, 0.15) is 16.1 Å². The number of hydrogen-bond donors (Lipinski definition) is 1. The number of anilines is 1. The molecule has 0 saturated heterocycles. The molecule has 0 spiro atoms. The van der Waals surface area contributed by atoms with E-state index in [2.05, 4.69) is 4.98 Å². The number of halogens is 1. The summed E-state index contributed by atoms with van der Waals surface area (Å²) in [5.41, 5.74) is 0.558. The summed E-state index contributed by atoms with van der Waals surface area (Å²) in [7, 11) is 1.75. The third-order valence-corrected chi connectivity index (χ3v) is 3.36. The molecule has 0 saturated carbocycles. The Kier molecular flexibility index (Phi) is 3.57. The van der Waals surface area contributed by atoms with Crippen LogP contribution in [0.15, 0.2) is 29.6 Å². The number of thiazole rings is 1. The molecule has 1 heterocycles. The Labute approximate surface area is 107 Å². The minimum Gasteiger partial charge on any atom is -0.476 e. The van der Waals surface area contributed by atoms with E-state index in [1.807, 2.05) is 0 Å². The van der Waals surface area contributed by atoms with Crippen LogP contribution >= 0.6 is 11.3 Å². The first kappa shape index (κ1) is 12.5. The van der Waals surface area contributed by atoms with Crippen LogP contribution in [0.3, 0.4) is 0 Å². The molecule has 18 heavy (non-hydrogen) atoms. The number of carboxylic acids is 1. The van der Waals surface area contributed by atoms with Gasteiger partial charge in [-0.2, -0.15) is 0 Å². The summed E-state index contributed by atoms with van der Waals surface area (Å²) < 4.78 is 13.5. The minimum absolute atomic E-state index is 0.00961. The van der Waals surface area contributed by atoms with Crippen LogP contribution in [-0.2, 0) is 6.54 Å². The summed E-state index contributed by atoms with van der Waals surface area (Å²) in [4.78, 5) is 16.4. The van der Waals surface area contributed by atoms with E-state index in [4.69, 9.17) is 5.11 Å². The normalized spacial score (nSPS) is 10.3. The molecule has 1 N–H and O–H groups in total. The number of rotatable bonds is 4. The van der Waals surface area contributed by atoms with Gasteiger partial charge in [0.2, 0.25) is 0 Å². The van der Waals surface area contributed by atoms with E-state index in [9.17, 15) is 9.18 Å². The fraction of sp³-hybridized carbons (Fsp3) is 0.167. The standard InChI is InChI=1S/C12H11FN2O2S/c1-15(6-8-4-2-3-5-9(8)13)12-14-10(7-18-12)11(16)17/h2-5,7H,6H2,1H3,(H,16,17). The molecule has 1 aromatic carbocycles. The first-order chi connectivity index (χ1) is 8.58. The second kappa shape index (κ2) is 5.14. The van der Waals surface area contributed by atoms with Gasteiger partial charge in [-0.3, -0.25) is 0 Å². The van der Waals surface area contributed by atoms with Crippen LogP contribution in [0, 0.1) is 5.82 Å². The zero-order valence-electron chi connectivity index (χ0n) is 9.63. The third-order valence-electron chi connectivity index (χ3n) is 2.40. The quantitative estimate of drug-likeness (QED) is 0.924. The lowest BCUT2D eigenvalue weighted by atomic mass is 10.2. The lowest BCUT2D eigenvalue weighted by Gasteiger charge is -2.15. The summed E-state index contributed by atoms with van der Waals surface area (Å²) in [5.74, 6) is -1.34. The molecule has 2 rings (SSSR count). The maximum atomic E-state index is 13.5. The van der Waals surface area contributed by atoms with Crippen LogP contribution in [0.25, 0.3) is 0 Å². The zero-order valence-corrected chi connectivity index (χ0v) is 10.4. The van der Waals surface area contributed by atoms with Gasteiger partial charge >= 0.3 is 5.97 Å². The Balaban J connectivity index is 2.14. The first-order valence-electron chi connectivity index (χ1n) is 5.21. The largest absolute Gasteiger partial charge is 0.476 e. The third kappa shape index (κ3) is 2.65. The highest BCUT2D eigenvalue weighted by Gasteiger charge is 2.13. The molecule has 6 heteroatoms. The molecule has 0 aliphatic heterocycles. The second-order valence-corrected chi connectivity index (χ2v) is 4.60. The molecule has 0 amide bonds. The van der Waals surface area contributed by atoms with Crippen molar-refractivity contribution in [2.24, 2.45) is 0 Å². The molecular weight excluding hydrogens is 255 g/mol. The molecule has 2 aromatic rings. The number of benzene rings is 1. The van der Waals surface area contributed by atoms with Crippen molar-refractivity contribution in [2.45, 2.75) is 6.54 Å². The van der Waals surface area contributed by atoms with Crippen LogP contribution in [-0.4, -0.2) is 23.1 Å². The van der Waals surface area contributed by atoms with E-state index in [0.717, 1.165) is 0 Å². The Hall–Kier alpha value is -1.95. The summed E-state index contributed by atoms with van der Waals surface area (Å²) in [6.45, 7) is 0.346. The Bertz CT molecular complexity index is 571. The highest BCUT2D eigenvalue weighted by Crippen LogP contribution is 2.21. The zero-order chi connectivity index (χ0) is 13.1. The van der Waals surface area contributed by atoms with Gasteiger partial charge in [0.25, 0.3) is 0 Å². The molecule has 0 unspecified atom stereocenters. The van der Waals surface area contributed by atoms with Gasteiger partial charge in [-0.05, 0) is 6.07 Å². The van der Waals surface area contributed by atoms with E-state index < -0.39 is 5.97 Å². The average molecular weight is 266 g/mol. The average Bonchev–Trinajstić information content (AvgIpc) is 2.81. The maximum Gasteiger partial charge on any atom is 0.355 e. The topological polar surface area (TPSA) is 53.4 Å². The smallest absolute Gasteiger partial charge is 0.355 e. The van der Waals surface area contributed by atoms with Gasteiger partial charge in [0.05, 0.1) is 0 Å². The van der Waals surface area contributed by atoms with Crippen LogP contribution in [0.5, 0.6) is 0 Å². The molecule has 0 fully saturated rings. The summed E-state index contributed by atoms with van der Waals surface area (Å²) >= 11 is 1.22. The van der Waals surface area contributed by atoms with Gasteiger partial charge in [0.15, 0.2) is 10.8 Å². The molecule has 4 nitrogen and oxygen atoms in total. The second-order valence-electron chi connectivity index (χ2n) is 3.77. The van der Waals surface area contributed by atoms with Crippen molar-refractivity contribution in [3.8, 4) is 0 Å². The summed E-state index contributed by atoms with van der Waals surface area (Å²) in [5, 5.41) is 10.8. The van der Waals surface area contributed by atoms with Crippen LogP contribution < -0.4 is 4.90 Å². The van der Waals surface area contributed by atoms with Gasteiger partial charge in [0.1, 0.15) is 5.82 Å². The van der Waals surface area contributed by atoms with Crippen molar-refractivity contribution in [2.75, 3.05) is 11.9 Å². The monoisotopic (exact) mass is 266 g/mol. The predicted molar refractivity (Wildman–Crippen MR) is 67.6 cm³/mol. The molecule has 0 bridgehead atoms. The van der Waals surface area contributed by atoms with Crippen molar-refractivity contribution in [3.63, 3.8) is 0 Å². The molecule has 0 aliphatic carbocycles. The molecule has 0 radical (unpaired) electrons. The van der Waals surface area contributed by atoms with Crippen molar-refractivity contribution in [3.05, 3.63) is 46.7 Å². The van der Waals surface area contributed by atoms with Gasteiger partial charge in [-0.1, -0.05) is 18.2 Å². The predicted octanol–water partition coefficient (Wildman–Crippen LogP) is 2.62. The fourth-order valence-corrected chi connectivity index (χ4v) is 2.25. The van der Waals surface area contributed by atoms with Gasteiger partial charge in [-0.25, -0.2) is 14.2 Å². The van der Waals surface area contributed by atoms with E-state index in [0.29, 0.717) is 17.2 Å². The lowest BCUT2D eigenvalue weighted by Crippen LogP contribution is -2.17. The molecule has 1 aromatic heterocycles. The fourth-order valence-electron chi connectivity index (χ4n) is 1.49. The summed E-state index contributed by atoms with van der Waals surface area (Å²) in [6.07, 6.45) is 0. The van der Waals surface area contributed by atoms with E-state index in [1.165, 1.54) is 22.8 Å². The van der Waals surface area contributed by atoms with Gasteiger partial charge in [-0.15, -0.1) is 11.3 Å². The maximum absolute atomic E-state index is 13.5. The number of hydrogen-bond acceptors (Lipinski definition) is 4. The highest BCUT2D eigenvalue weighted by molar-refractivity contribution is 7.13. The molecule has 0 atom stereocenters. The first-order valence-corrected chi connectivity index (χ1v) is 6.09. The molecule has 0 aliphatic rings. The van der Waals surface area contributed by atoms with Crippen molar-refractivity contribution < 1.29 is 14.3 Å². The summed E-state index contributed by atoms with van der Waals surface area (Å²) in [6, 6.07) is 6.48. The van der Waals surface area contributed by atoms with Crippen molar-refractivity contribution >= 4 is 22.4 Å². The van der Waals surface area contributed by atoms with E-state index in [1.54, 1.807) is 30.1 Å². The number of carbonyl (C=O) groups is 1. The number of nitrogens with zero attached hydrogens (tertiary/aromatic N) is 2. The van der Waals surface area contributed by atoms with Crippen molar-refractivity contribution in [1.29, 1.82) is 0 Å². The number of carboxylic acid groups (broad SMARTS) is 1. The van der Waals surface area contributed by atoms with Crippen LogP contribution in [0.2, 0.25) is 0 Å². The van der Waals surface area contributed by atoms with Gasteiger partial charge < -0.3 is 10.0 Å². The molecule has 94 valence electrons. The Morgan fingerprint density at radius 2 is 2.22 bits per heavy atom. The molecular formula is C12H11FN2O2S.